The zero-order chi connectivity index (χ0) is 11.5. The second kappa shape index (κ2) is 4.82. The van der Waals surface area contributed by atoms with Crippen LogP contribution in [-0.2, 0) is 9.59 Å². The summed E-state index contributed by atoms with van der Waals surface area (Å²) >= 11 is 0. The number of nitrogens with one attached hydrogen (secondary N) is 1. The van der Waals surface area contributed by atoms with Gasteiger partial charge >= 0.3 is 0 Å². The van der Waals surface area contributed by atoms with Gasteiger partial charge in [-0.25, -0.2) is 0 Å². The monoisotopic (exact) mass is 225 g/mol. The summed E-state index contributed by atoms with van der Waals surface area (Å²) in [6, 6.07) is 0.655. The van der Waals surface area contributed by atoms with E-state index in [1.54, 1.807) is 9.80 Å². The van der Waals surface area contributed by atoms with E-state index >= 15 is 0 Å². The standard InChI is InChI=1S/C11H19N3O2/c1-2-13-7-11(16)14(8-10(13)15)6-5-12-9-3-4-9/h9,12H,2-8H2,1H3. The lowest BCUT2D eigenvalue weighted by Crippen LogP contribution is -2.54. The molecule has 1 saturated carbocycles. The number of carbonyl (C=O) groups is 2. The molecule has 2 amide bonds. The van der Waals surface area contributed by atoms with Crippen molar-refractivity contribution in [3.63, 3.8) is 0 Å². The van der Waals surface area contributed by atoms with E-state index in [9.17, 15) is 9.59 Å². The summed E-state index contributed by atoms with van der Waals surface area (Å²) in [7, 11) is 0. The number of piperazine rings is 1. The fourth-order valence-corrected chi connectivity index (χ4v) is 1.89. The molecule has 0 bridgehead atoms. The number of hydrogen-bond acceptors (Lipinski definition) is 3. The van der Waals surface area contributed by atoms with Crippen LogP contribution in [0, 0.1) is 0 Å². The van der Waals surface area contributed by atoms with E-state index in [4.69, 9.17) is 0 Å². The molecule has 2 fully saturated rings. The van der Waals surface area contributed by atoms with Crippen molar-refractivity contribution in [2.24, 2.45) is 0 Å². The molecule has 1 saturated heterocycles. The average molecular weight is 225 g/mol. The highest BCUT2D eigenvalue weighted by atomic mass is 16.2. The van der Waals surface area contributed by atoms with Gasteiger partial charge in [0.15, 0.2) is 0 Å². The van der Waals surface area contributed by atoms with Crippen LogP contribution in [0.1, 0.15) is 19.8 Å². The number of amides is 2. The van der Waals surface area contributed by atoms with Crippen molar-refractivity contribution >= 4 is 11.8 Å². The SMILES string of the molecule is CCN1CC(=O)N(CCNC2CC2)CC1=O. The molecule has 0 radical (unpaired) electrons. The summed E-state index contributed by atoms with van der Waals surface area (Å²) in [5.74, 6) is 0.132. The molecular formula is C11H19N3O2. The lowest BCUT2D eigenvalue weighted by Gasteiger charge is -2.33. The third kappa shape index (κ3) is 2.72. The highest BCUT2D eigenvalue weighted by Gasteiger charge is 2.28. The molecule has 1 heterocycles. The Morgan fingerprint density at radius 2 is 1.81 bits per heavy atom. The van der Waals surface area contributed by atoms with Gasteiger partial charge in [-0.1, -0.05) is 0 Å². The molecular weight excluding hydrogens is 206 g/mol. The summed E-state index contributed by atoms with van der Waals surface area (Å²) < 4.78 is 0. The van der Waals surface area contributed by atoms with Crippen LogP contribution in [0.25, 0.3) is 0 Å². The zero-order valence-electron chi connectivity index (χ0n) is 9.74. The van der Waals surface area contributed by atoms with Crippen LogP contribution in [-0.4, -0.2) is 60.4 Å². The van der Waals surface area contributed by atoms with Gasteiger partial charge in [0.1, 0.15) is 0 Å². The third-order valence-electron chi connectivity index (χ3n) is 3.13. The third-order valence-corrected chi connectivity index (χ3v) is 3.13. The number of carbonyl (C=O) groups excluding carboxylic acids is 2. The molecule has 0 aromatic rings. The van der Waals surface area contributed by atoms with Gasteiger partial charge in [0, 0.05) is 25.7 Å². The Balaban J connectivity index is 1.76. The van der Waals surface area contributed by atoms with E-state index in [0.29, 0.717) is 19.1 Å². The van der Waals surface area contributed by atoms with Crippen LogP contribution in [0.4, 0.5) is 0 Å². The van der Waals surface area contributed by atoms with E-state index in [-0.39, 0.29) is 24.9 Å². The summed E-state index contributed by atoms with van der Waals surface area (Å²) in [6.45, 7) is 4.47. The molecule has 90 valence electrons. The van der Waals surface area contributed by atoms with E-state index in [1.807, 2.05) is 6.92 Å². The predicted octanol–water partition coefficient (Wildman–Crippen LogP) is -0.571. The Hall–Kier alpha value is -1.10. The first-order valence-corrected chi connectivity index (χ1v) is 5.99. The Morgan fingerprint density at radius 3 is 2.44 bits per heavy atom. The van der Waals surface area contributed by atoms with Crippen LogP contribution >= 0.6 is 0 Å². The molecule has 0 unspecified atom stereocenters. The first kappa shape index (κ1) is 11.4. The molecule has 0 aromatic carbocycles. The molecule has 1 N–H and O–H groups in total. The molecule has 2 aliphatic rings. The van der Waals surface area contributed by atoms with Crippen LogP contribution in [0.2, 0.25) is 0 Å². The minimum atomic E-state index is 0.0634. The van der Waals surface area contributed by atoms with Gasteiger partial charge in [0.2, 0.25) is 11.8 Å². The smallest absolute Gasteiger partial charge is 0.242 e. The maximum absolute atomic E-state index is 11.7. The fourth-order valence-electron chi connectivity index (χ4n) is 1.89. The van der Waals surface area contributed by atoms with Gasteiger partial charge in [-0.2, -0.15) is 0 Å². The number of likely N-dealkylation sites (N-methyl/N-ethyl adjacent to an activating group) is 1. The zero-order valence-corrected chi connectivity index (χ0v) is 9.74. The van der Waals surface area contributed by atoms with Gasteiger partial charge in [-0.05, 0) is 19.8 Å². The maximum atomic E-state index is 11.7. The largest absolute Gasteiger partial charge is 0.332 e. The van der Waals surface area contributed by atoms with Gasteiger partial charge < -0.3 is 15.1 Å². The molecule has 0 aromatic heterocycles. The van der Waals surface area contributed by atoms with E-state index < -0.39 is 0 Å². The van der Waals surface area contributed by atoms with Crippen molar-refractivity contribution in [2.45, 2.75) is 25.8 Å². The fraction of sp³-hybridized carbons (Fsp3) is 0.818. The topological polar surface area (TPSA) is 52.7 Å². The van der Waals surface area contributed by atoms with Gasteiger partial charge in [-0.15, -0.1) is 0 Å². The second-order valence-electron chi connectivity index (χ2n) is 4.45. The number of rotatable bonds is 5. The summed E-state index contributed by atoms with van der Waals surface area (Å²) in [4.78, 5) is 26.6. The average Bonchev–Trinajstić information content (AvgIpc) is 3.06. The second-order valence-corrected chi connectivity index (χ2v) is 4.45. The van der Waals surface area contributed by atoms with Crippen molar-refractivity contribution in [1.82, 2.24) is 15.1 Å². The maximum Gasteiger partial charge on any atom is 0.242 e. The van der Waals surface area contributed by atoms with Gasteiger partial charge in [-0.3, -0.25) is 9.59 Å². The first-order chi connectivity index (χ1) is 7.70. The van der Waals surface area contributed by atoms with E-state index in [0.717, 1.165) is 6.54 Å². The summed E-state index contributed by atoms with van der Waals surface area (Å²) in [5.41, 5.74) is 0. The molecule has 1 aliphatic heterocycles. The number of hydrogen-bond donors (Lipinski definition) is 1. The Morgan fingerprint density at radius 1 is 1.19 bits per heavy atom. The molecule has 0 spiro atoms. The molecule has 16 heavy (non-hydrogen) atoms. The quantitative estimate of drug-likeness (QED) is 0.681. The Bertz CT molecular complexity index is 289. The highest BCUT2D eigenvalue weighted by Crippen LogP contribution is 2.18. The van der Waals surface area contributed by atoms with Crippen molar-refractivity contribution in [2.75, 3.05) is 32.7 Å². The van der Waals surface area contributed by atoms with Gasteiger partial charge in [0.05, 0.1) is 13.1 Å². The predicted molar refractivity (Wildman–Crippen MR) is 59.9 cm³/mol. The Kier molecular flexibility index (Phi) is 3.43. The van der Waals surface area contributed by atoms with Crippen molar-refractivity contribution < 1.29 is 9.59 Å². The van der Waals surface area contributed by atoms with Gasteiger partial charge in [0.25, 0.3) is 0 Å². The van der Waals surface area contributed by atoms with Crippen LogP contribution in [0.15, 0.2) is 0 Å². The van der Waals surface area contributed by atoms with Crippen LogP contribution in [0.3, 0.4) is 0 Å². The highest BCUT2D eigenvalue weighted by molar-refractivity contribution is 5.92. The van der Waals surface area contributed by atoms with Crippen molar-refractivity contribution in [3.05, 3.63) is 0 Å². The van der Waals surface area contributed by atoms with E-state index in [2.05, 4.69) is 5.32 Å². The van der Waals surface area contributed by atoms with Crippen LogP contribution < -0.4 is 5.32 Å². The van der Waals surface area contributed by atoms with Crippen LogP contribution in [0.5, 0.6) is 0 Å². The van der Waals surface area contributed by atoms with Crippen molar-refractivity contribution in [1.29, 1.82) is 0 Å². The number of nitrogens with zero attached hydrogens (tertiary/aromatic N) is 2. The summed E-state index contributed by atoms with van der Waals surface area (Å²) in [6.07, 6.45) is 2.49. The Labute approximate surface area is 95.8 Å². The molecule has 5 nitrogen and oxygen atoms in total. The lowest BCUT2D eigenvalue weighted by molar-refractivity contribution is -0.149. The molecule has 1 aliphatic carbocycles. The van der Waals surface area contributed by atoms with Crippen molar-refractivity contribution in [3.8, 4) is 0 Å². The molecule has 5 heteroatoms. The molecule has 0 atom stereocenters. The lowest BCUT2D eigenvalue weighted by atomic mass is 10.3. The molecule has 2 rings (SSSR count). The van der Waals surface area contributed by atoms with E-state index in [1.165, 1.54) is 12.8 Å². The first-order valence-electron chi connectivity index (χ1n) is 5.99. The minimum Gasteiger partial charge on any atom is -0.332 e. The minimum absolute atomic E-state index is 0.0634. The summed E-state index contributed by atoms with van der Waals surface area (Å²) in [5, 5.41) is 3.35. The normalized spacial score (nSPS) is 21.8.